The van der Waals surface area contributed by atoms with E-state index in [9.17, 15) is 31.5 Å². The van der Waals surface area contributed by atoms with Gasteiger partial charge in [0, 0.05) is 12.8 Å². The molecule has 0 aliphatic carbocycles. The Bertz CT molecular complexity index is 411. The Morgan fingerprint density at radius 2 is 1.45 bits per heavy atom. The maximum absolute atomic E-state index is 12.5. The summed E-state index contributed by atoms with van der Waals surface area (Å²) in [5.41, 5.74) is 0.946. The maximum Gasteiger partial charge on any atom is 0.456 e. The molecule has 0 aromatic rings. The standard InChI is InChI=1S/C13H17F5O4/c1-9(2)6-7-21-10(19)4-3-5-11(20)22-8-12(14,15)13(16,17)18/h6H,3-5,7-8H2,1-2H3. The van der Waals surface area contributed by atoms with E-state index in [1.807, 2.05) is 0 Å². The molecule has 0 bridgehead atoms. The van der Waals surface area contributed by atoms with Gasteiger partial charge in [0.05, 0.1) is 0 Å². The molecule has 0 rings (SSSR count). The summed E-state index contributed by atoms with van der Waals surface area (Å²) in [6.07, 6.45) is -4.80. The van der Waals surface area contributed by atoms with Crippen LogP contribution in [0.4, 0.5) is 22.0 Å². The summed E-state index contributed by atoms with van der Waals surface area (Å²) in [6.45, 7) is 1.62. The number of carbonyl (C=O) groups is 2. The lowest BCUT2D eigenvalue weighted by Crippen LogP contribution is -2.41. The summed E-state index contributed by atoms with van der Waals surface area (Å²) >= 11 is 0. The maximum atomic E-state index is 12.5. The van der Waals surface area contributed by atoms with E-state index in [1.165, 1.54) is 0 Å². The molecule has 0 unspecified atom stereocenters. The smallest absolute Gasteiger partial charge is 0.456 e. The van der Waals surface area contributed by atoms with Crippen LogP contribution in [0.1, 0.15) is 33.1 Å². The zero-order valence-electron chi connectivity index (χ0n) is 12.1. The van der Waals surface area contributed by atoms with Gasteiger partial charge in [-0.2, -0.15) is 22.0 Å². The minimum atomic E-state index is -5.78. The minimum absolute atomic E-state index is 0.0654. The van der Waals surface area contributed by atoms with Gasteiger partial charge in [-0.05, 0) is 26.3 Å². The molecule has 0 saturated carbocycles. The predicted molar refractivity (Wildman–Crippen MR) is 66.2 cm³/mol. The van der Waals surface area contributed by atoms with Gasteiger partial charge in [0.15, 0.2) is 6.61 Å². The number of carbonyl (C=O) groups excluding carboxylic acids is 2. The van der Waals surface area contributed by atoms with E-state index < -0.39 is 37.1 Å². The highest BCUT2D eigenvalue weighted by molar-refractivity contribution is 5.72. The number of hydrogen-bond acceptors (Lipinski definition) is 4. The summed E-state index contributed by atoms with van der Waals surface area (Å²) in [5, 5.41) is 0. The Morgan fingerprint density at radius 1 is 0.955 bits per heavy atom. The van der Waals surface area contributed by atoms with Gasteiger partial charge in [0.1, 0.15) is 6.61 Å². The highest BCUT2D eigenvalue weighted by Crippen LogP contribution is 2.35. The van der Waals surface area contributed by atoms with Crippen molar-refractivity contribution in [2.45, 2.75) is 45.2 Å². The topological polar surface area (TPSA) is 52.6 Å². The quantitative estimate of drug-likeness (QED) is 0.388. The molecule has 0 radical (unpaired) electrons. The van der Waals surface area contributed by atoms with Crippen molar-refractivity contribution in [1.29, 1.82) is 0 Å². The Morgan fingerprint density at radius 3 is 1.91 bits per heavy atom. The molecule has 0 aromatic carbocycles. The van der Waals surface area contributed by atoms with E-state index >= 15 is 0 Å². The summed E-state index contributed by atoms with van der Waals surface area (Å²) in [6, 6.07) is 0. The Hall–Kier alpha value is -1.67. The second kappa shape index (κ2) is 8.70. The number of ether oxygens (including phenoxy) is 2. The number of rotatable bonds is 8. The fraction of sp³-hybridized carbons (Fsp3) is 0.692. The average molecular weight is 332 g/mol. The number of hydrogen-bond donors (Lipinski definition) is 0. The van der Waals surface area contributed by atoms with Crippen molar-refractivity contribution in [1.82, 2.24) is 0 Å². The number of alkyl halides is 5. The van der Waals surface area contributed by atoms with Crippen LogP contribution in [0.2, 0.25) is 0 Å². The molecular formula is C13H17F5O4. The van der Waals surface area contributed by atoms with Gasteiger partial charge in [0.25, 0.3) is 0 Å². The molecule has 9 heteroatoms. The van der Waals surface area contributed by atoms with Crippen molar-refractivity contribution < 1.29 is 41.0 Å². The third-order valence-corrected chi connectivity index (χ3v) is 2.33. The van der Waals surface area contributed by atoms with E-state index in [4.69, 9.17) is 4.74 Å². The highest BCUT2D eigenvalue weighted by Gasteiger charge is 2.58. The third kappa shape index (κ3) is 8.58. The molecule has 0 atom stereocenters. The normalized spacial score (nSPS) is 11.8. The Kier molecular flexibility index (Phi) is 8.04. The van der Waals surface area contributed by atoms with Crippen molar-refractivity contribution >= 4 is 11.9 Å². The number of allylic oxidation sites excluding steroid dienone is 1. The van der Waals surface area contributed by atoms with E-state index in [1.54, 1.807) is 19.9 Å². The van der Waals surface area contributed by atoms with Crippen LogP contribution in [-0.2, 0) is 19.1 Å². The fourth-order valence-corrected chi connectivity index (χ4v) is 1.08. The van der Waals surface area contributed by atoms with Crippen molar-refractivity contribution in [2.24, 2.45) is 0 Å². The Balaban J connectivity index is 3.92. The van der Waals surface area contributed by atoms with Crippen LogP contribution >= 0.6 is 0 Å². The number of esters is 2. The molecule has 0 heterocycles. The van der Waals surface area contributed by atoms with Crippen molar-refractivity contribution in [2.75, 3.05) is 13.2 Å². The lowest BCUT2D eigenvalue weighted by molar-refractivity contribution is -0.294. The fourth-order valence-electron chi connectivity index (χ4n) is 1.08. The minimum Gasteiger partial charge on any atom is -0.461 e. The summed E-state index contributed by atoms with van der Waals surface area (Å²) in [5.74, 6) is -6.93. The molecule has 0 fully saturated rings. The van der Waals surface area contributed by atoms with Crippen LogP contribution in [0.3, 0.4) is 0 Å². The first-order valence-corrected chi connectivity index (χ1v) is 6.35. The van der Waals surface area contributed by atoms with Crippen LogP contribution in [-0.4, -0.2) is 37.3 Å². The molecule has 0 spiro atoms. The van der Waals surface area contributed by atoms with Gasteiger partial charge in [-0.25, -0.2) is 0 Å². The lowest BCUT2D eigenvalue weighted by Gasteiger charge is -2.18. The monoisotopic (exact) mass is 332 g/mol. The van der Waals surface area contributed by atoms with Crippen LogP contribution in [0.15, 0.2) is 11.6 Å². The molecule has 0 saturated heterocycles. The molecule has 4 nitrogen and oxygen atoms in total. The van der Waals surface area contributed by atoms with E-state index in [0.29, 0.717) is 0 Å². The van der Waals surface area contributed by atoms with Crippen LogP contribution < -0.4 is 0 Å². The zero-order chi connectivity index (χ0) is 17.4. The van der Waals surface area contributed by atoms with Crippen LogP contribution in [0.5, 0.6) is 0 Å². The zero-order valence-corrected chi connectivity index (χ0v) is 12.1. The molecule has 0 aliphatic heterocycles. The molecule has 0 amide bonds. The molecule has 0 aliphatic rings. The first-order valence-electron chi connectivity index (χ1n) is 6.35. The summed E-state index contributed by atoms with van der Waals surface area (Å²) in [4.78, 5) is 22.2. The molecule has 128 valence electrons. The van der Waals surface area contributed by atoms with Gasteiger partial charge in [-0.15, -0.1) is 0 Å². The molecule has 22 heavy (non-hydrogen) atoms. The number of halogens is 5. The molecular weight excluding hydrogens is 315 g/mol. The predicted octanol–water partition coefficient (Wildman–Crippen LogP) is 3.41. The van der Waals surface area contributed by atoms with Crippen molar-refractivity contribution in [3.05, 3.63) is 11.6 Å². The highest BCUT2D eigenvalue weighted by atomic mass is 19.4. The van der Waals surface area contributed by atoms with Gasteiger partial charge < -0.3 is 9.47 Å². The SMILES string of the molecule is CC(C)=CCOC(=O)CCCC(=O)OCC(F)(F)C(F)(F)F. The van der Waals surface area contributed by atoms with Crippen molar-refractivity contribution in [3.63, 3.8) is 0 Å². The Labute approximate surface area is 124 Å². The van der Waals surface area contributed by atoms with Gasteiger partial charge >= 0.3 is 24.0 Å². The van der Waals surface area contributed by atoms with Crippen LogP contribution in [0.25, 0.3) is 0 Å². The van der Waals surface area contributed by atoms with E-state index in [-0.39, 0.29) is 19.4 Å². The average Bonchev–Trinajstić information content (AvgIpc) is 2.34. The first kappa shape index (κ1) is 20.3. The van der Waals surface area contributed by atoms with E-state index in [0.717, 1.165) is 5.57 Å². The molecule has 0 aromatic heterocycles. The summed E-state index contributed by atoms with van der Waals surface area (Å²) < 4.78 is 69.0. The van der Waals surface area contributed by atoms with Gasteiger partial charge in [0.2, 0.25) is 0 Å². The second-order valence-electron chi connectivity index (χ2n) is 4.68. The van der Waals surface area contributed by atoms with Crippen molar-refractivity contribution in [3.8, 4) is 0 Å². The largest absolute Gasteiger partial charge is 0.461 e. The first-order chi connectivity index (χ1) is 9.95. The summed E-state index contributed by atoms with van der Waals surface area (Å²) in [7, 11) is 0. The lowest BCUT2D eigenvalue weighted by atomic mass is 10.2. The van der Waals surface area contributed by atoms with E-state index in [2.05, 4.69) is 4.74 Å². The molecule has 0 N–H and O–H groups in total. The van der Waals surface area contributed by atoms with Gasteiger partial charge in [-0.1, -0.05) is 5.57 Å². The third-order valence-electron chi connectivity index (χ3n) is 2.33. The van der Waals surface area contributed by atoms with Crippen LogP contribution in [0, 0.1) is 0 Å². The van der Waals surface area contributed by atoms with Gasteiger partial charge in [-0.3, -0.25) is 9.59 Å². The second-order valence-corrected chi connectivity index (χ2v) is 4.68.